The van der Waals surface area contributed by atoms with Crippen molar-refractivity contribution >= 4 is 17.5 Å². The summed E-state index contributed by atoms with van der Waals surface area (Å²) in [6, 6.07) is 4.30. The molecule has 3 aliphatic rings. The fraction of sp³-hybridized carbons (Fsp3) is 0.459. The molecule has 56 heavy (non-hydrogen) atoms. The number of halogens is 8. The molecular weight excluding hydrogens is 760 g/mol. The van der Waals surface area contributed by atoms with Crippen LogP contribution in [0.15, 0.2) is 48.0 Å². The SMILES string of the molecule is Cc1c(-c2cc(C(F)(F)F)ccc2NC(=O)C2=C(O)C3(CCCCC3)N(C)N(Cc3ccc(OCCN4CCOCC4)c(F)c3F)C2=O)ncnc1C(F)(F)F. The molecule has 1 aromatic heterocycles. The zero-order chi connectivity index (χ0) is 40.6. The molecule has 19 heteroatoms. The highest BCUT2D eigenvalue weighted by atomic mass is 19.4. The minimum Gasteiger partial charge on any atom is -0.509 e. The van der Waals surface area contributed by atoms with Gasteiger partial charge in [-0.05, 0) is 44.0 Å². The van der Waals surface area contributed by atoms with E-state index in [1.807, 2.05) is 4.90 Å². The van der Waals surface area contributed by atoms with Crippen LogP contribution in [0.1, 0.15) is 54.5 Å². The van der Waals surface area contributed by atoms with Gasteiger partial charge in [-0.1, -0.05) is 25.3 Å². The molecule has 0 bridgehead atoms. The van der Waals surface area contributed by atoms with E-state index in [-0.39, 0.29) is 30.8 Å². The Bertz CT molecular complexity index is 2010. The highest BCUT2D eigenvalue weighted by molar-refractivity contribution is 6.24. The Kier molecular flexibility index (Phi) is 11.6. The van der Waals surface area contributed by atoms with Crippen molar-refractivity contribution < 1.29 is 59.3 Å². The van der Waals surface area contributed by atoms with Crippen molar-refractivity contribution in [1.82, 2.24) is 24.9 Å². The molecule has 2 aromatic carbocycles. The van der Waals surface area contributed by atoms with Crippen molar-refractivity contribution in [1.29, 1.82) is 0 Å². The lowest BCUT2D eigenvalue weighted by atomic mass is 9.77. The highest BCUT2D eigenvalue weighted by Gasteiger charge is 2.52. The predicted octanol–water partition coefficient (Wildman–Crippen LogP) is 6.82. The lowest BCUT2D eigenvalue weighted by molar-refractivity contribution is -0.166. The van der Waals surface area contributed by atoms with Gasteiger partial charge in [-0.25, -0.2) is 19.4 Å². The number of hydrazine groups is 1. The van der Waals surface area contributed by atoms with Crippen LogP contribution >= 0.6 is 0 Å². The maximum Gasteiger partial charge on any atom is 0.433 e. The van der Waals surface area contributed by atoms with Gasteiger partial charge >= 0.3 is 12.4 Å². The van der Waals surface area contributed by atoms with E-state index >= 15 is 8.78 Å². The number of rotatable bonds is 9. The van der Waals surface area contributed by atoms with Crippen LogP contribution in [0.3, 0.4) is 0 Å². The molecule has 0 atom stereocenters. The molecule has 6 rings (SSSR count). The number of alkyl halides is 6. The van der Waals surface area contributed by atoms with Gasteiger partial charge in [0.05, 0.1) is 42.2 Å². The number of anilines is 1. The van der Waals surface area contributed by atoms with Gasteiger partial charge in [0, 0.05) is 43.4 Å². The number of likely N-dealkylation sites (N-methyl/N-ethyl adjacent to an activating group) is 1. The maximum atomic E-state index is 15.6. The number of aromatic nitrogens is 2. The molecule has 2 amide bonds. The van der Waals surface area contributed by atoms with Crippen molar-refractivity contribution in [3.63, 3.8) is 0 Å². The van der Waals surface area contributed by atoms with Crippen LogP contribution in [-0.4, -0.2) is 93.8 Å². The first kappa shape index (κ1) is 40.8. The summed E-state index contributed by atoms with van der Waals surface area (Å²) in [5.41, 5.74) is -7.46. The van der Waals surface area contributed by atoms with Crippen molar-refractivity contribution in [2.75, 3.05) is 51.8 Å². The fourth-order valence-electron chi connectivity index (χ4n) is 7.36. The summed E-state index contributed by atoms with van der Waals surface area (Å²) in [5.74, 6) is -6.09. The Balaban J connectivity index is 1.33. The smallest absolute Gasteiger partial charge is 0.433 e. The number of aliphatic hydroxyl groups is 1. The monoisotopic (exact) mass is 798 g/mol. The third-order valence-electron chi connectivity index (χ3n) is 10.4. The van der Waals surface area contributed by atoms with Gasteiger partial charge in [-0.15, -0.1) is 0 Å². The van der Waals surface area contributed by atoms with Crippen LogP contribution in [0.25, 0.3) is 11.3 Å². The largest absolute Gasteiger partial charge is 0.509 e. The first-order chi connectivity index (χ1) is 26.4. The summed E-state index contributed by atoms with van der Waals surface area (Å²) >= 11 is 0. The van der Waals surface area contributed by atoms with Gasteiger partial charge in [0.2, 0.25) is 5.82 Å². The predicted molar refractivity (Wildman–Crippen MR) is 184 cm³/mol. The van der Waals surface area contributed by atoms with E-state index in [1.54, 1.807) is 0 Å². The molecule has 11 nitrogen and oxygen atoms in total. The van der Waals surface area contributed by atoms with Crippen molar-refractivity contribution in [3.05, 3.63) is 82.0 Å². The molecular formula is C37H38F8N6O5. The molecule has 2 N–H and O–H groups in total. The minimum atomic E-state index is -5.00. The number of nitrogens with one attached hydrogen (secondary N) is 1. The molecule has 0 unspecified atom stereocenters. The molecule has 1 aliphatic carbocycles. The second-order valence-corrected chi connectivity index (χ2v) is 13.8. The topological polar surface area (TPSA) is 120 Å². The molecule has 3 heterocycles. The summed E-state index contributed by atoms with van der Waals surface area (Å²) in [6.45, 7) is 3.28. The van der Waals surface area contributed by atoms with E-state index in [4.69, 9.17) is 9.47 Å². The van der Waals surface area contributed by atoms with Gasteiger partial charge < -0.3 is 19.9 Å². The minimum absolute atomic E-state index is 0.0645. The van der Waals surface area contributed by atoms with E-state index in [2.05, 4.69) is 15.3 Å². The third kappa shape index (κ3) is 8.02. The number of morpholine rings is 1. The first-order valence-corrected chi connectivity index (χ1v) is 17.7. The number of carbonyl (C=O) groups excluding carboxylic acids is 2. The van der Waals surface area contributed by atoms with Gasteiger partial charge in [-0.2, -0.15) is 30.7 Å². The maximum absolute atomic E-state index is 15.6. The molecule has 1 saturated carbocycles. The second kappa shape index (κ2) is 15.9. The van der Waals surface area contributed by atoms with Gasteiger partial charge in [0.1, 0.15) is 24.3 Å². The van der Waals surface area contributed by atoms with Crippen LogP contribution in [0.2, 0.25) is 0 Å². The molecule has 0 radical (unpaired) electrons. The molecule has 3 aromatic rings. The van der Waals surface area contributed by atoms with E-state index in [0.29, 0.717) is 64.1 Å². The number of nitrogens with zero attached hydrogens (tertiary/aromatic N) is 5. The number of ether oxygens (including phenoxy) is 2. The molecule has 2 aliphatic heterocycles. The lowest BCUT2D eigenvalue weighted by Crippen LogP contribution is -2.63. The van der Waals surface area contributed by atoms with Crippen LogP contribution in [0.4, 0.5) is 40.8 Å². The van der Waals surface area contributed by atoms with Crippen molar-refractivity contribution in [2.45, 2.75) is 63.5 Å². The summed E-state index contributed by atoms with van der Waals surface area (Å²) in [7, 11) is 1.45. The fourth-order valence-corrected chi connectivity index (χ4v) is 7.36. The number of benzene rings is 2. The molecule has 302 valence electrons. The van der Waals surface area contributed by atoms with Crippen molar-refractivity contribution in [3.8, 4) is 17.0 Å². The quantitative estimate of drug-likeness (QED) is 0.178. The number of carbonyl (C=O) groups is 2. The van der Waals surface area contributed by atoms with Gasteiger partial charge in [0.15, 0.2) is 17.3 Å². The third-order valence-corrected chi connectivity index (χ3v) is 10.4. The Labute approximate surface area is 315 Å². The normalized spacial score (nSPS) is 18.5. The van der Waals surface area contributed by atoms with Crippen LogP contribution in [0.5, 0.6) is 5.75 Å². The Hall–Kier alpha value is -4.88. The van der Waals surface area contributed by atoms with E-state index in [1.165, 1.54) is 24.2 Å². The number of amides is 2. The molecule has 1 saturated heterocycles. The number of aliphatic hydroxyl groups excluding tert-OH is 1. The van der Waals surface area contributed by atoms with Crippen LogP contribution in [-0.2, 0) is 33.2 Å². The highest BCUT2D eigenvalue weighted by Crippen LogP contribution is 2.45. The van der Waals surface area contributed by atoms with E-state index in [0.717, 1.165) is 24.4 Å². The number of hydrogen-bond donors (Lipinski definition) is 2. The Morgan fingerprint density at radius 3 is 2.34 bits per heavy atom. The Morgan fingerprint density at radius 2 is 1.68 bits per heavy atom. The van der Waals surface area contributed by atoms with E-state index in [9.17, 15) is 41.0 Å². The summed E-state index contributed by atoms with van der Waals surface area (Å²) in [4.78, 5) is 37.3. The number of hydrogen-bond acceptors (Lipinski definition) is 9. The Morgan fingerprint density at radius 1 is 0.982 bits per heavy atom. The second-order valence-electron chi connectivity index (χ2n) is 13.8. The molecule has 2 fully saturated rings. The van der Waals surface area contributed by atoms with E-state index < -0.39 is 93.0 Å². The lowest BCUT2D eigenvalue weighted by Gasteiger charge is -2.51. The van der Waals surface area contributed by atoms with Gasteiger partial charge in [-0.3, -0.25) is 19.5 Å². The zero-order valence-corrected chi connectivity index (χ0v) is 30.3. The van der Waals surface area contributed by atoms with Crippen molar-refractivity contribution in [2.24, 2.45) is 0 Å². The summed E-state index contributed by atoms with van der Waals surface area (Å²) in [6.07, 6.45) is -7.14. The van der Waals surface area contributed by atoms with Crippen LogP contribution in [0, 0.1) is 18.6 Å². The zero-order valence-electron chi connectivity index (χ0n) is 30.3. The van der Waals surface area contributed by atoms with Gasteiger partial charge in [0.25, 0.3) is 11.8 Å². The molecule has 1 spiro atoms. The standard InChI is InChI=1S/C37H38F8N6O5/c1-21-30(46-20-47-31(21)37(43,44)45)24-18-23(36(40,41)42)7-8-25(24)48-33(53)27-32(52)35(10-4-3-5-11-35)49(2)51(34(27)54)19-22-6-9-26(29(39)28(22)38)56-17-14-50-12-15-55-16-13-50/h6-9,18,20,52H,3-5,10-17,19H2,1-2H3,(H,48,53). The first-order valence-electron chi connectivity index (χ1n) is 17.7. The average Bonchev–Trinajstić information content (AvgIpc) is 3.15. The summed E-state index contributed by atoms with van der Waals surface area (Å²) < 4.78 is 125. The average molecular weight is 799 g/mol. The summed E-state index contributed by atoms with van der Waals surface area (Å²) in [5, 5.41) is 16.4. The van der Waals surface area contributed by atoms with Crippen LogP contribution < -0.4 is 10.1 Å².